The third-order valence-corrected chi connectivity index (χ3v) is 3.64. The summed E-state index contributed by atoms with van der Waals surface area (Å²) in [5.74, 6) is 0. The average Bonchev–Trinajstić information content (AvgIpc) is 2.63. The van der Waals surface area contributed by atoms with Crippen molar-refractivity contribution >= 4 is 0 Å². The second kappa shape index (κ2) is 5.10. The summed E-state index contributed by atoms with van der Waals surface area (Å²) in [7, 11) is 0. The molecule has 0 spiro atoms. The molecular formula is C11H22N2O. The van der Waals surface area contributed by atoms with Gasteiger partial charge in [-0.15, -0.1) is 0 Å². The lowest BCUT2D eigenvalue weighted by Crippen LogP contribution is -2.45. The number of aliphatic hydroxyl groups excluding tert-OH is 1. The van der Waals surface area contributed by atoms with Crippen LogP contribution in [0.1, 0.15) is 32.1 Å². The van der Waals surface area contributed by atoms with Crippen molar-refractivity contribution in [2.45, 2.75) is 44.2 Å². The van der Waals surface area contributed by atoms with Crippen LogP contribution in [0, 0.1) is 0 Å². The van der Waals surface area contributed by atoms with Crippen LogP contribution in [0.2, 0.25) is 0 Å². The van der Waals surface area contributed by atoms with Gasteiger partial charge in [-0.2, -0.15) is 0 Å². The standard InChI is InChI=1S/C11H22N2O/c14-9-11-4-2-1-3-7-13(11)10-5-6-12-8-10/h10-12,14H,1-9H2. The summed E-state index contributed by atoms with van der Waals surface area (Å²) in [5, 5.41) is 12.8. The van der Waals surface area contributed by atoms with Gasteiger partial charge in [-0.3, -0.25) is 4.90 Å². The Balaban J connectivity index is 1.96. The van der Waals surface area contributed by atoms with E-state index in [1.807, 2.05) is 0 Å². The molecule has 2 unspecified atom stereocenters. The predicted octanol–water partition coefficient (Wildman–Crippen LogP) is 0.585. The van der Waals surface area contributed by atoms with E-state index in [1.54, 1.807) is 0 Å². The minimum absolute atomic E-state index is 0.344. The lowest BCUT2D eigenvalue weighted by Gasteiger charge is -2.33. The molecule has 2 atom stereocenters. The largest absolute Gasteiger partial charge is 0.395 e. The molecule has 2 rings (SSSR count). The maximum Gasteiger partial charge on any atom is 0.0586 e. The van der Waals surface area contributed by atoms with Crippen molar-refractivity contribution in [2.75, 3.05) is 26.2 Å². The van der Waals surface area contributed by atoms with Gasteiger partial charge in [0, 0.05) is 18.6 Å². The molecule has 2 heterocycles. The molecule has 0 aromatic rings. The van der Waals surface area contributed by atoms with Gasteiger partial charge in [0.1, 0.15) is 0 Å². The minimum atomic E-state index is 0.344. The molecule has 2 N–H and O–H groups in total. The number of hydrogen-bond acceptors (Lipinski definition) is 3. The molecule has 0 aromatic carbocycles. The Hall–Kier alpha value is -0.120. The predicted molar refractivity (Wildman–Crippen MR) is 57.3 cm³/mol. The number of nitrogens with one attached hydrogen (secondary N) is 1. The fourth-order valence-corrected chi connectivity index (χ4v) is 2.80. The summed E-state index contributed by atoms with van der Waals surface area (Å²) < 4.78 is 0. The van der Waals surface area contributed by atoms with Gasteiger partial charge >= 0.3 is 0 Å². The number of aliphatic hydroxyl groups is 1. The molecule has 82 valence electrons. The first-order valence-electron chi connectivity index (χ1n) is 5.99. The molecular weight excluding hydrogens is 176 g/mol. The molecule has 2 saturated heterocycles. The molecule has 2 fully saturated rings. The summed E-state index contributed by atoms with van der Waals surface area (Å²) in [6, 6.07) is 1.12. The molecule has 14 heavy (non-hydrogen) atoms. The van der Waals surface area contributed by atoms with Crippen LogP contribution in [0.15, 0.2) is 0 Å². The van der Waals surface area contributed by atoms with Crippen LogP contribution in [0.25, 0.3) is 0 Å². The highest BCUT2D eigenvalue weighted by Crippen LogP contribution is 2.21. The van der Waals surface area contributed by atoms with Crippen LogP contribution in [0.4, 0.5) is 0 Å². The topological polar surface area (TPSA) is 35.5 Å². The van der Waals surface area contributed by atoms with Gasteiger partial charge in [0.2, 0.25) is 0 Å². The van der Waals surface area contributed by atoms with E-state index in [0.29, 0.717) is 18.7 Å². The Labute approximate surface area is 86.5 Å². The van der Waals surface area contributed by atoms with E-state index in [9.17, 15) is 5.11 Å². The first kappa shape index (κ1) is 10.4. The zero-order valence-electron chi connectivity index (χ0n) is 8.91. The summed E-state index contributed by atoms with van der Waals surface area (Å²) in [4.78, 5) is 2.55. The van der Waals surface area contributed by atoms with Gasteiger partial charge in [-0.05, 0) is 32.4 Å². The molecule has 2 aliphatic rings. The summed E-state index contributed by atoms with van der Waals surface area (Å²) in [6.07, 6.45) is 6.39. The molecule has 0 radical (unpaired) electrons. The minimum Gasteiger partial charge on any atom is -0.395 e. The summed E-state index contributed by atoms with van der Waals surface area (Å²) in [6.45, 7) is 3.81. The van der Waals surface area contributed by atoms with Crippen molar-refractivity contribution < 1.29 is 5.11 Å². The van der Waals surface area contributed by atoms with Crippen LogP contribution in [0.5, 0.6) is 0 Å². The Bertz CT molecular complexity index is 169. The van der Waals surface area contributed by atoms with Crippen molar-refractivity contribution in [3.05, 3.63) is 0 Å². The molecule has 3 heteroatoms. The van der Waals surface area contributed by atoms with Gasteiger partial charge in [0.05, 0.1) is 6.61 Å². The third-order valence-electron chi connectivity index (χ3n) is 3.64. The number of nitrogens with zero attached hydrogens (tertiary/aromatic N) is 1. The van der Waals surface area contributed by atoms with Gasteiger partial charge < -0.3 is 10.4 Å². The molecule has 0 aliphatic carbocycles. The second-order valence-corrected chi connectivity index (χ2v) is 4.57. The third kappa shape index (κ3) is 2.27. The summed E-state index contributed by atoms with van der Waals surface area (Å²) in [5.41, 5.74) is 0. The maximum atomic E-state index is 9.38. The molecule has 0 amide bonds. The van der Waals surface area contributed by atoms with Crippen LogP contribution >= 0.6 is 0 Å². The van der Waals surface area contributed by atoms with E-state index in [-0.39, 0.29) is 0 Å². The zero-order valence-corrected chi connectivity index (χ0v) is 8.91. The van der Waals surface area contributed by atoms with Crippen molar-refractivity contribution in [3.8, 4) is 0 Å². The Morgan fingerprint density at radius 1 is 1.21 bits per heavy atom. The lowest BCUT2D eigenvalue weighted by atomic mass is 10.1. The van der Waals surface area contributed by atoms with Gasteiger partial charge in [0.25, 0.3) is 0 Å². The highest BCUT2D eigenvalue weighted by molar-refractivity contribution is 4.86. The van der Waals surface area contributed by atoms with Gasteiger partial charge in [-0.25, -0.2) is 0 Å². The molecule has 0 bridgehead atoms. The van der Waals surface area contributed by atoms with Crippen molar-refractivity contribution in [2.24, 2.45) is 0 Å². The number of rotatable bonds is 2. The van der Waals surface area contributed by atoms with Gasteiger partial charge in [0.15, 0.2) is 0 Å². The SMILES string of the molecule is OCC1CCCCCN1C1CCNC1. The van der Waals surface area contributed by atoms with Gasteiger partial charge in [-0.1, -0.05) is 12.8 Å². The van der Waals surface area contributed by atoms with Crippen LogP contribution < -0.4 is 5.32 Å². The van der Waals surface area contributed by atoms with Crippen molar-refractivity contribution in [1.82, 2.24) is 10.2 Å². The van der Waals surface area contributed by atoms with Crippen LogP contribution in [-0.4, -0.2) is 48.3 Å². The maximum absolute atomic E-state index is 9.38. The smallest absolute Gasteiger partial charge is 0.0586 e. The molecule has 0 saturated carbocycles. The van der Waals surface area contributed by atoms with E-state index >= 15 is 0 Å². The zero-order chi connectivity index (χ0) is 9.80. The quantitative estimate of drug-likeness (QED) is 0.681. The van der Waals surface area contributed by atoms with E-state index < -0.39 is 0 Å². The Kier molecular flexibility index (Phi) is 3.79. The van der Waals surface area contributed by atoms with E-state index in [4.69, 9.17) is 0 Å². The average molecular weight is 198 g/mol. The van der Waals surface area contributed by atoms with Crippen LogP contribution in [0.3, 0.4) is 0 Å². The highest BCUT2D eigenvalue weighted by Gasteiger charge is 2.28. The van der Waals surface area contributed by atoms with Crippen molar-refractivity contribution in [3.63, 3.8) is 0 Å². The fraction of sp³-hybridized carbons (Fsp3) is 1.00. The fourth-order valence-electron chi connectivity index (χ4n) is 2.80. The summed E-state index contributed by atoms with van der Waals surface area (Å²) >= 11 is 0. The van der Waals surface area contributed by atoms with E-state index in [0.717, 1.165) is 13.1 Å². The van der Waals surface area contributed by atoms with E-state index in [1.165, 1.54) is 38.6 Å². The highest BCUT2D eigenvalue weighted by atomic mass is 16.3. The molecule has 2 aliphatic heterocycles. The molecule has 3 nitrogen and oxygen atoms in total. The normalized spacial score (nSPS) is 35.8. The first-order valence-corrected chi connectivity index (χ1v) is 5.99. The first-order chi connectivity index (χ1) is 6.92. The van der Waals surface area contributed by atoms with Crippen LogP contribution in [-0.2, 0) is 0 Å². The Morgan fingerprint density at radius 3 is 2.86 bits per heavy atom. The molecule has 0 aromatic heterocycles. The van der Waals surface area contributed by atoms with Crippen molar-refractivity contribution in [1.29, 1.82) is 0 Å². The number of likely N-dealkylation sites (tertiary alicyclic amines) is 1. The van der Waals surface area contributed by atoms with E-state index in [2.05, 4.69) is 10.2 Å². The monoisotopic (exact) mass is 198 g/mol. The Morgan fingerprint density at radius 2 is 2.14 bits per heavy atom. The number of hydrogen-bond donors (Lipinski definition) is 2. The lowest BCUT2D eigenvalue weighted by molar-refractivity contribution is 0.0915. The second-order valence-electron chi connectivity index (χ2n) is 4.57.